The molecule has 0 fully saturated rings. The van der Waals surface area contributed by atoms with E-state index in [1.165, 1.54) is 13.3 Å². The second kappa shape index (κ2) is 4.87. The van der Waals surface area contributed by atoms with Gasteiger partial charge in [-0.3, -0.25) is 0 Å². The highest BCUT2D eigenvalue weighted by atomic mass is 16.5. The number of nitrogens with zero attached hydrogens (tertiary/aromatic N) is 2. The molecule has 1 aromatic heterocycles. The Hall–Kier alpha value is -1.44. The molecule has 0 aliphatic carbocycles. The zero-order valence-corrected chi connectivity index (χ0v) is 8.29. The van der Waals surface area contributed by atoms with E-state index in [-0.39, 0.29) is 23.9 Å². The first-order valence-electron chi connectivity index (χ1n) is 4.32. The summed E-state index contributed by atoms with van der Waals surface area (Å²) >= 11 is 0. The second-order valence-corrected chi connectivity index (χ2v) is 2.94. The van der Waals surface area contributed by atoms with Gasteiger partial charge >= 0.3 is 0 Å². The first-order valence-corrected chi connectivity index (χ1v) is 4.32. The number of ether oxygens (including phenoxy) is 1. The summed E-state index contributed by atoms with van der Waals surface area (Å²) < 4.78 is 4.83. The molecule has 2 unspecified atom stereocenters. The molecule has 0 amide bonds. The topological polar surface area (TPSA) is 128 Å². The van der Waals surface area contributed by atoms with Crippen LogP contribution in [0.3, 0.4) is 0 Å². The molecule has 0 bridgehead atoms. The average molecular weight is 214 g/mol. The number of hydrogen-bond acceptors (Lipinski definition) is 7. The summed E-state index contributed by atoms with van der Waals surface area (Å²) in [6, 6.07) is 0. The standard InChI is InChI=1S/C8H14N4O3/c1-15-8-7(10)11-3-4(12-8)6(14)5(13)2-9/h3,5-6,13-14H,2,9H2,1H3,(H2,10,11). The Morgan fingerprint density at radius 2 is 2.20 bits per heavy atom. The van der Waals surface area contributed by atoms with Crippen molar-refractivity contribution >= 4 is 5.82 Å². The molecular formula is C8H14N4O3. The van der Waals surface area contributed by atoms with Crippen molar-refractivity contribution in [2.45, 2.75) is 12.2 Å². The van der Waals surface area contributed by atoms with E-state index in [4.69, 9.17) is 16.2 Å². The Labute approximate surface area is 86.7 Å². The van der Waals surface area contributed by atoms with Crippen LogP contribution in [0.2, 0.25) is 0 Å². The summed E-state index contributed by atoms with van der Waals surface area (Å²) in [5.41, 5.74) is 10.8. The maximum atomic E-state index is 9.57. The molecule has 6 N–H and O–H groups in total. The molecule has 0 aliphatic rings. The number of methoxy groups -OCH3 is 1. The SMILES string of the molecule is COc1nc(C(O)C(O)CN)cnc1N. The molecule has 1 rings (SSSR count). The highest BCUT2D eigenvalue weighted by Gasteiger charge is 2.19. The van der Waals surface area contributed by atoms with Crippen LogP contribution in [-0.2, 0) is 0 Å². The third kappa shape index (κ3) is 2.52. The van der Waals surface area contributed by atoms with Gasteiger partial charge in [0, 0.05) is 6.54 Å². The van der Waals surface area contributed by atoms with Crippen LogP contribution in [0.4, 0.5) is 5.82 Å². The second-order valence-electron chi connectivity index (χ2n) is 2.94. The van der Waals surface area contributed by atoms with Crippen LogP contribution in [0.25, 0.3) is 0 Å². The van der Waals surface area contributed by atoms with Crippen molar-refractivity contribution in [2.75, 3.05) is 19.4 Å². The largest absolute Gasteiger partial charge is 0.478 e. The van der Waals surface area contributed by atoms with Gasteiger partial charge in [-0.25, -0.2) is 9.97 Å². The zero-order valence-electron chi connectivity index (χ0n) is 8.29. The number of aliphatic hydroxyl groups is 2. The van der Waals surface area contributed by atoms with E-state index in [0.717, 1.165) is 0 Å². The fourth-order valence-corrected chi connectivity index (χ4v) is 1.01. The lowest BCUT2D eigenvalue weighted by molar-refractivity contribution is 0.0212. The van der Waals surface area contributed by atoms with Gasteiger partial charge < -0.3 is 26.4 Å². The van der Waals surface area contributed by atoms with E-state index in [2.05, 4.69) is 9.97 Å². The molecule has 0 spiro atoms. The predicted octanol–water partition coefficient (Wildman–Crippen LogP) is -1.58. The summed E-state index contributed by atoms with van der Waals surface area (Å²) in [5.74, 6) is 0.228. The van der Waals surface area contributed by atoms with Crippen molar-refractivity contribution in [3.8, 4) is 5.88 Å². The number of nitrogens with two attached hydrogens (primary N) is 2. The Morgan fingerprint density at radius 1 is 1.53 bits per heavy atom. The van der Waals surface area contributed by atoms with Crippen molar-refractivity contribution in [2.24, 2.45) is 5.73 Å². The summed E-state index contributed by atoms with van der Waals surface area (Å²) in [4.78, 5) is 7.65. The van der Waals surface area contributed by atoms with Crippen LogP contribution in [0.1, 0.15) is 11.8 Å². The molecule has 15 heavy (non-hydrogen) atoms. The van der Waals surface area contributed by atoms with Crippen molar-refractivity contribution < 1.29 is 14.9 Å². The number of aliphatic hydroxyl groups excluding tert-OH is 2. The van der Waals surface area contributed by atoms with Gasteiger partial charge in [-0.2, -0.15) is 0 Å². The van der Waals surface area contributed by atoms with Crippen molar-refractivity contribution in [1.82, 2.24) is 9.97 Å². The minimum Gasteiger partial charge on any atom is -0.478 e. The molecule has 2 atom stereocenters. The fraction of sp³-hybridized carbons (Fsp3) is 0.500. The van der Waals surface area contributed by atoms with Crippen LogP contribution in [-0.4, -0.2) is 39.9 Å². The van der Waals surface area contributed by atoms with Crippen molar-refractivity contribution in [3.63, 3.8) is 0 Å². The monoisotopic (exact) mass is 214 g/mol. The maximum absolute atomic E-state index is 9.57. The van der Waals surface area contributed by atoms with Crippen molar-refractivity contribution in [1.29, 1.82) is 0 Å². The quantitative estimate of drug-likeness (QED) is 0.476. The van der Waals surface area contributed by atoms with E-state index in [0.29, 0.717) is 0 Å². The first-order chi connectivity index (χ1) is 7.10. The molecule has 7 heteroatoms. The highest BCUT2D eigenvalue weighted by molar-refractivity contribution is 5.40. The van der Waals surface area contributed by atoms with E-state index < -0.39 is 12.2 Å². The molecule has 0 aliphatic heterocycles. The summed E-state index contributed by atoms with van der Waals surface area (Å²) in [6.07, 6.45) is -1.02. The fourth-order valence-electron chi connectivity index (χ4n) is 1.01. The van der Waals surface area contributed by atoms with Gasteiger partial charge in [-0.1, -0.05) is 0 Å². The molecule has 1 heterocycles. The number of rotatable bonds is 4. The van der Waals surface area contributed by atoms with Gasteiger partial charge in [0.05, 0.1) is 25.1 Å². The van der Waals surface area contributed by atoms with Crippen molar-refractivity contribution in [3.05, 3.63) is 11.9 Å². The van der Waals surface area contributed by atoms with E-state index in [1.807, 2.05) is 0 Å². The lowest BCUT2D eigenvalue weighted by atomic mass is 10.1. The molecule has 84 valence electrons. The summed E-state index contributed by atoms with van der Waals surface area (Å²) in [5, 5.41) is 18.9. The number of nitrogen functional groups attached to an aromatic ring is 1. The van der Waals surface area contributed by atoms with Gasteiger partial charge in [0.15, 0.2) is 5.82 Å². The smallest absolute Gasteiger partial charge is 0.257 e. The van der Waals surface area contributed by atoms with Gasteiger partial charge in [0.25, 0.3) is 5.88 Å². The molecule has 0 radical (unpaired) electrons. The van der Waals surface area contributed by atoms with Crippen LogP contribution < -0.4 is 16.2 Å². The van der Waals surface area contributed by atoms with Gasteiger partial charge in [0.1, 0.15) is 6.10 Å². The molecule has 0 saturated carbocycles. The lowest BCUT2D eigenvalue weighted by Crippen LogP contribution is -2.28. The highest BCUT2D eigenvalue weighted by Crippen LogP contribution is 2.20. The van der Waals surface area contributed by atoms with E-state index >= 15 is 0 Å². The van der Waals surface area contributed by atoms with Crippen LogP contribution in [0.15, 0.2) is 6.20 Å². The molecular weight excluding hydrogens is 200 g/mol. The maximum Gasteiger partial charge on any atom is 0.257 e. The Morgan fingerprint density at radius 3 is 2.73 bits per heavy atom. The van der Waals surface area contributed by atoms with Gasteiger partial charge in [-0.05, 0) is 0 Å². The van der Waals surface area contributed by atoms with Crippen LogP contribution >= 0.6 is 0 Å². The van der Waals surface area contributed by atoms with Crippen LogP contribution in [0.5, 0.6) is 5.88 Å². The molecule has 0 saturated heterocycles. The third-order valence-electron chi connectivity index (χ3n) is 1.89. The summed E-state index contributed by atoms with van der Waals surface area (Å²) in [7, 11) is 1.38. The number of anilines is 1. The Balaban J connectivity index is 2.95. The first kappa shape index (κ1) is 11.6. The van der Waals surface area contributed by atoms with Gasteiger partial charge in [0.2, 0.25) is 0 Å². The molecule has 7 nitrogen and oxygen atoms in total. The minimum atomic E-state index is -1.20. The number of hydrogen-bond donors (Lipinski definition) is 4. The number of aromatic nitrogens is 2. The zero-order chi connectivity index (χ0) is 11.4. The average Bonchev–Trinajstić information content (AvgIpc) is 2.27. The van der Waals surface area contributed by atoms with E-state index in [1.54, 1.807) is 0 Å². The van der Waals surface area contributed by atoms with Gasteiger partial charge in [-0.15, -0.1) is 0 Å². The minimum absolute atomic E-state index is 0.0739. The normalized spacial score (nSPS) is 14.7. The Kier molecular flexibility index (Phi) is 3.78. The molecule has 0 aromatic carbocycles. The summed E-state index contributed by atoms with van der Waals surface area (Å²) in [6.45, 7) is -0.0739. The van der Waals surface area contributed by atoms with E-state index in [9.17, 15) is 10.2 Å². The lowest BCUT2D eigenvalue weighted by Gasteiger charge is -2.15. The van der Waals surface area contributed by atoms with Crippen LogP contribution in [0, 0.1) is 0 Å². The predicted molar refractivity (Wildman–Crippen MR) is 53.0 cm³/mol. The molecule has 1 aromatic rings. The Bertz CT molecular complexity index is 334. The third-order valence-corrected chi connectivity index (χ3v) is 1.89.